The smallest absolute Gasteiger partial charge is 0.260 e. The molecule has 7 heteroatoms. The van der Waals surface area contributed by atoms with E-state index < -0.39 is 10.0 Å². The van der Waals surface area contributed by atoms with Gasteiger partial charge in [-0.2, -0.15) is 9.40 Å². The van der Waals surface area contributed by atoms with E-state index in [1.165, 1.54) is 21.3 Å². The summed E-state index contributed by atoms with van der Waals surface area (Å²) in [6, 6.07) is 1.64. The second kappa shape index (κ2) is 4.15. The molecule has 0 spiro atoms. The lowest BCUT2D eigenvalue weighted by atomic mass is 10.6. The van der Waals surface area contributed by atoms with Crippen molar-refractivity contribution in [2.45, 2.75) is 23.9 Å². The molecule has 1 aromatic rings. The number of hydrogen-bond acceptors (Lipinski definition) is 4. The summed E-state index contributed by atoms with van der Waals surface area (Å²) in [7, 11) is -1.81. The predicted molar refractivity (Wildman–Crippen MR) is 59.2 cm³/mol. The summed E-state index contributed by atoms with van der Waals surface area (Å²) in [5.41, 5.74) is 5.45. The first-order valence-corrected chi connectivity index (χ1v) is 6.71. The highest BCUT2D eigenvalue weighted by Gasteiger charge is 2.38. The average Bonchev–Trinajstić information content (AvgIpc) is 2.96. The Morgan fingerprint density at radius 1 is 1.62 bits per heavy atom. The minimum atomic E-state index is -3.43. The quantitative estimate of drug-likeness (QED) is 0.759. The van der Waals surface area contributed by atoms with E-state index in [0.717, 1.165) is 12.8 Å². The Kier molecular flexibility index (Phi) is 3.00. The van der Waals surface area contributed by atoms with Gasteiger partial charge in [-0.15, -0.1) is 0 Å². The molecule has 6 nitrogen and oxygen atoms in total. The normalized spacial score (nSPS) is 16.9. The van der Waals surface area contributed by atoms with Gasteiger partial charge < -0.3 is 5.73 Å². The van der Waals surface area contributed by atoms with Crippen molar-refractivity contribution in [1.82, 2.24) is 14.1 Å². The monoisotopic (exact) mass is 244 g/mol. The summed E-state index contributed by atoms with van der Waals surface area (Å²) in [6.45, 7) is 0.714. The highest BCUT2D eigenvalue weighted by Crippen LogP contribution is 2.31. The van der Waals surface area contributed by atoms with Crippen molar-refractivity contribution in [1.29, 1.82) is 0 Å². The molecule has 0 unspecified atom stereocenters. The highest BCUT2D eigenvalue weighted by molar-refractivity contribution is 7.89. The van der Waals surface area contributed by atoms with Gasteiger partial charge in [-0.1, -0.05) is 0 Å². The van der Waals surface area contributed by atoms with Crippen LogP contribution in [0.3, 0.4) is 0 Å². The van der Waals surface area contributed by atoms with Gasteiger partial charge in [-0.05, 0) is 18.9 Å². The van der Waals surface area contributed by atoms with E-state index in [4.69, 9.17) is 5.73 Å². The molecule has 1 aromatic heterocycles. The Morgan fingerprint density at radius 2 is 2.31 bits per heavy atom. The molecular weight excluding hydrogens is 228 g/mol. The molecule has 1 aliphatic carbocycles. The average molecular weight is 244 g/mol. The van der Waals surface area contributed by atoms with Gasteiger partial charge in [0.1, 0.15) is 0 Å². The van der Waals surface area contributed by atoms with Crippen molar-refractivity contribution >= 4 is 10.0 Å². The lowest BCUT2D eigenvalue weighted by Crippen LogP contribution is -2.37. The molecule has 90 valence electrons. The van der Waals surface area contributed by atoms with Crippen LogP contribution in [0.2, 0.25) is 0 Å². The van der Waals surface area contributed by atoms with Crippen molar-refractivity contribution in [2.75, 3.05) is 13.1 Å². The molecule has 2 rings (SSSR count). The van der Waals surface area contributed by atoms with Crippen LogP contribution in [0.25, 0.3) is 0 Å². The zero-order chi connectivity index (χ0) is 11.8. The summed E-state index contributed by atoms with van der Waals surface area (Å²) in [5.74, 6) is 0. The lowest BCUT2D eigenvalue weighted by molar-refractivity contribution is 0.405. The molecule has 0 amide bonds. The third-order valence-electron chi connectivity index (χ3n) is 2.65. The van der Waals surface area contributed by atoms with Crippen molar-refractivity contribution in [3.8, 4) is 0 Å². The van der Waals surface area contributed by atoms with Gasteiger partial charge in [0.05, 0.1) is 6.20 Å². The van der Waals surface area contributed by atoms with Crippen molar-refractivity contribution in [2.24, 2.45) is 12.8 Å². The Hall–Kier alpha value is -0.920. The number of nitrogens with zero attached hydrogens (tertiary/aromatic N) is 3. The maximum Gasteiger partial charge on any atom is 0.260 e. The first-order chi connectivity index (χ1) is 7.57. The van der Waals surface area contributed by atoms with Gasteiger partial charge in [0.2, 0.25) is 0 Å². The molecule has 0 atom stereocenters. The van der Waals surface area contributed by atoms with Gasteiger partial charge in [0.25, 0.3) is 10.0 Å². The fourth-order valence-electron chi connectivity index (χ4n) is 1.72. The van der Waals surface area contributed by atoms with Crippen LogP contribution in [0.4, 0.5) is 0 Å². The summed E-state index contributed by atoms with van der Waals surface area (Å²) >= 11 is 0. The van der Waals surface area contributed by atoms with Crippen LogP contribution in [0.5, 0.6) is 0 Å². The number of rotatable bonds is 5. The van der Waals surface area contributed by atoms with E-state index in [1.807, 2.05) is 0 Å². The van der Waals surface area contributed by atoms with Gasteiger partial charge in [-0.25, -0.2) is 8.42 Å². The highest BCUT2D eigenvalue weighted by atomic mass is 32.2. The van der Waals surface area contributed by atoms with Crippen LogP contribution in [-0.2, 0) is 17.1 Å². The number of sulfonamides is 1. The van der Waals surface area contributed by atoms with E-state index in [2.05, 4.69) is 5.10 Å². The van der Waals surface area contributed by atoms with Crippen LogP contribution in [0.15, 0.2) is 17.3 Å². The Bertz CT molecular complexity index is 464. The third kappa shape index (κ3) is 1.98. The number of aromatic nitrogens is 2. The number of hydrogen-bond donors (Lipinski definition) is 1. The molecule has 0 saturated heterocycles. The van der Waals surface area contributed by atoms with E-state index in [0.29, 0.717) is 13.1 Å². The topological polar surface area (TPSA) is 81.2 Å². The maximum atomic E-state index is 12.3. The van der Waals surface area contributed by atoms with Crippen LogP contribution >= 0.6 is 0 Å². The van der Waals surface area contributed by atoms with Crippen LogP contribution in [-0.4, -0.2) is 41.6 Å². The molecule has 2 N–H and O–H groups in total. The Labute approximate surface area is 95.1 Å². The van der Waals surface area contributed by atoms with Crippen molar-refractivity contribution in [3.63, 3.8) is 0 Å². The molecular formula is C9H16N4O2S. The molecule has 0 aromatic carbocycles. The van der Waals surface area contributed by atoms with Crippen molar-refractivity contribution < 1.29 is 8.42 Å². The van der Waals surface area contributed by atoms with E-state index in [-0.39, 0.29) is 11.1 Å². The second-order valence-corrected chi connectivity index (χ2v) is 5.77. The molecule has 1 fully saturated rings. The molecule has 1 aliphatic rings. The molecule has 1 heterocycles. The Balaban J connectivity index is 2.32. The third-order valence-corrected chi connectivity index (χ3v) is 4.68. The summed E-state index contributed by atoms with van der Waals surface area (Å²) in [5, 5.41) is 4.11. The summed E-state index contributed by atoms with van der Waals surface area (Å²) in [4.78, 5) is 0. The zero-order valence-corrected chi connectivity index (χ0v) is 10.0. The Morgan fingerprint density at radius 3 is 2.75 bits per heavy atom. The number of nitrogens with two attached hydrogens (primary N) is 1. The first-order valence-electron chi connectivity index (χ1n) is 5.27. The van der Waals surface area contributed by atoms with E-state index >= 15 is 0 Å². The van der Waals surface area contributed by atoms with Gasteiger partial charge in [0, 0.05) is 26.2 Å². The fraction of sp³-hybridized carbons (Fsp3) is 0.667. The van der Waals surface area contributed by atoms with E-state index in [9.17, 15) is 8.42 Å². The fourth-order valence-corrected chi connectivity index (χ4v) is 3.53. The van der Waals surface area contributed by atoms with Crippen LogP contribution < -0.4 is 5.73 Å². The van der Waals surface area contributed by atoms with E-state index in [1.54, 1.807) is 7.05 Å². The molecule has 0 radical (unpaired) electrons. The molecule has 16 heavy (non-hydrogen) atoms. The minimum absolute atomic E-state index is 0.128. The molecule has 0 bridgehead atoms. The van der Waals surface area contributed by atoms with Gasteiger partial charge in [-0.3, -0.25) is 4.68 Å². The van der Waals surface area contributed by atoms with Crippen LogP contribution in [0, 0.1) is 0 Å². The number of aryl methyl sites for hydroxylation is 1. The molecule has 0 aliphatic heterocycles. The summed E-state index contributed by atoms with van der Waals surface area (Å²) < 4.78 is 27.5. The SMILES string of the molecule is Cn1nccc1S(=O)(=O)N(CCN)C1CC1. The zero-order valence-electron chi connectivity index (χ0n) is 9.20. The van der Waals surface area contributed by atoms with Gasteiger partial charge in [0.15, 0.2) is 5.03 Å². The standard InChI is InChI=1S/C9H16N4O2S/c1-12-9(4-6-11-12)16(14,15)13(7-5-10)8-2-3-8/h4,6,8H,2-3,5,7,10H2,1H3. The van der Waals surface area contributed by atoms with Gasteiger partial charge >= 0.3 is 0 Å². The summed E-state index contributed by atoms with van der Waals surface area (Å²) in [6.07, 6.45) is 3.34. The lowest BCUT2D eigenvalue weighted by Gasteiger charge is -2.20. The van der Waals surface area contributed by atoms with Crippen molar-refractivity contribution in [3.05, 3.63) is 12.3 Å². The van der Waals surface area contributed by atoms with Crippen LogP contribution in [0.1, 0.15) is 12.8 Å². The first kappa shape index (κ1) is 11.6. The predicted octanol–water partition coefficient (Wildman–Crippen LogP) is -0.468. The molecule has 1 saturated carbocycles. The maximum absolute atomic E-state index is 12.3. The minimum Gasteiger partial charge on any atom is -0.329 e. The largest absolute Gasteiger partial charge is 0.329 e. The second-order valence-electron chi connectivity index (χ2n) is 3.93.